The van der Waals surface area contributed by atoms with Crippen molar-refractivity contribution in [2.75, 3.05) is 0 Å². The number of carbonyl (C=O) groups is 2. The van der Waals surface area contributed by atoms with Crippen molar-refractivity contribution in [3.63, 3.8) is 0 Å². The number of aliphatic hydroxyl groups excluding tert-OH is 1. The molecule has 0 aromatic heterocycles. The molecule has 0 rings (SSSR count). The maximum atomic E-state index is 11.0. The third-order valence-electron chi connectivity index (χ3n) is 2.74. The van der Waals surface area contributed by atoms with E-state index in [9.17, 15) is 9.59 Å². The van der Waals surface area contributed by atoms with Crippen LogP contribution in [0, 0.1) is 0 Å². The van der Waals surface area contributed by atoms with Gasteiger partial charge in [-0.1, -0.05) is 26.2 Å². The Morgan fingerprint density at radius 3 is 2.17 bits per heavy atom. The van der Waals surface area contributed by atoms with Crippen LogP contribution in [-0.4, -0.2) is 34.4 Å². The molecule has 5 heteroatoms. The zero-order valence-corrected chi connectivity index (χ0v) is 11.2. The highest BCUT2D eigenvalue weighted by atomic mass is 16.5. The standard InChI is InChI=1S/C13H24O5/c1-3-12(15)18-10(2)8-6-4-5-7-9-11(14)13(16)17/h10-11,14H,3-9H2,1-2H3,(H,16,17). The summed E-state index contributed by atoms with van der Waals surface area (Å²) < 4.78 is 5.12. The van der Waals surface area contributed by atoms with Crippen LogP contribution in [0.15, 0.2) is 0 Å². The first-order valence-corrected chi connectivity index (χ1v) is 6.57. The third kappa shape index (κ3) is 8.98. The predicted octanol–water partition coefficient (Wildman–Crippen LogP) is 2.11. The van der Waals surface area contributed by atoms with Gasteiger partial charge in [0.1, 0.15) is 0 Å². The summed E-state index contributed by atoms with van der Waals surface area (Å²) in [5.74, 6) is -1.33. The molecule has 2 unspecified atom stereocenters. The molecule has 0 saturated heterocycles. The molecule has 0 aliphatic rings. The summed E-state index contributed by atoms with van der Waals surface area (Å²) >= 11 is 0. The molecule has 0 heterocycles. The van der Waals surface area contributed by atoms with Crippen LogP contribution in [0.1, 0.15) is 58.8 Å². The Morgan fingerprint density at radius 2 is 1.67 bits per heavy atom. The van der Waals surface area contributed by atoms with E-state index in [0.717, 1.165) is 25.7 Å². The lowest BCUT2D eigenvalue weighted by Gasteiger charge is -2.12. The van der Waals surface area contributed by atoms with Gasteiger partial charge in [0.05, 0.1) is 6.10 Å². The van der Waals surface area contributed by atoms with E-state index >= 15 is 0 Å². The quantitative estimate of drug-likeness (QED) is 0.464. The highest BCUT2D eigenvalue weighted by Gasteiger charge is 2.12. The molecule has 0 fully saturated rings. The molecule has 0 amide bonds. The minimum Gasteiger partial charge on any atom is -0.479 e. The number of unbranched alkanes of at least 4 members (excludes halogenated alkanes) is 3. The highest BCUT2D eigenvalue weighted by molar-refractivity contribution is 5.71. The largest absolute Gasteiger partial charge is 0.479 e. The molecular weight excluding hydrogens is 236 g/mol. The van der Waals surface area contributed by atoms with Crippen LogP contribution >= 0.6 is 0 Å². The second-order valence-corrected chi connectivity index (χ2v) is 4.50. The van der Waals surface area contributed by atoms with Crippen LogP contribution in [0.3, 0.4) is 0 Å². The third-order valence-corrected chi connectivity index (χ3v) is 2.74. The van der Waals surface area contributed by atoms with Crippen molar-refractivity contribution < 1.29 is 24.5 Å². The summed E-state index contributed by atoms with van der Waals surface area (Å²) in [7, 11) is 0. The van der Waals surface area contributed by atoms with E-state index in [2.05, 4.69) is 0 Å². The zero-order valence-electron chi connectivity index (χ0n) is 11.2. The van der Waals surface area contributed by atoms with Crippen molar-refractivity contribution in [2.45, 2.75) is 71.0 Å². The van der Waals surface area contributed by atoms with Crippen molar-refractivity contribution in [2.24, 2.45) is 0 Å². The molecule has 5 nitrogen and oxygen atoms in total. The highest BCUT2D eigenvalue weighted by Crippen LogP contribution is 2.11. The Hall–Kier alpha value is -1.10. The van der Waals surface area contributed by atoms with E-state index in [-0.39, 0.29) is 12.1 Å². The Balaban J connectivity index is 3.40. The van der Waals surface area contributed by atoms with Crippen LogP contribution in [0.4, 0.5) is 0 Å². The lowest BCUT2D eigenvalue weighted by molar-refractivity contribution is -0.148. The second kappa shape index (κ2) is 9.88. The van der Waals surface area contributed by atoms with Crippen LogP contribution in [0.2, 0.25) is 0 Å². The first kappa shape index (κ1) is 16.9. The van der Waals surface area contributed by atoms with Crippen LogP contribution < -0.4 is 0 Å². The van der Waals surface area contributed by atoms with Crippen LogP contribution in [0.5, 0.6) is 0 Å². The molecule has 2 atom stereocenters. The number of carbonyl (C=O) groups excluding carboxylic acids is 1. The SMILES string of the molecule is CCC(=O)OC(C)CCCCCCC(O)C(=O)O. The van der Waals surface area contributed by atoms with E-state index in [1.165, 1.54) is 0 Å². The van der Waals surface area contributed by atoms with Gasteiger partial charge in [0, 0.05) is 6.42 Å². The molecule has 0 aliphatic heterocycles. The smallest absolute Gasteiger partial charge is 0.332 e. The van der Waals surface area contributed by atoms with Gasteiger partial charge in [0.2, 0.25) is 0 Å². The molecule has 0 saturated carbocycles. The summed E-state index contributed by atoms with van der Waals surface area (Å²) in [6.07, 6.45) is 3.73. The van der Waals surface area contributed by atoms with E-state index in [1.54, 1.807) is 6.92 Å². The molecule has 0 radical (unpaired) electrons. The topological polar surface area (TPSA) is 83.8 Å². The maximum Gasteiger partial charge on any atom is 0.332 e. The maximum absolute atomic E-state index is 11.0. The number of hydrogen-bond donors (Lipinski definition) is 2. The lowest BCUT2D eigenvalue weighted by atomic mass is 10.1. The fraction of sp³-hybridized carbons (Fsp3) is 0.846. The predicted molar refractivity (Wildman–Crippen MR) is 67.2 cm³/mol. The van der Waals surface area contributed by atoms with Gasteiger partial charge in [-0.2, -0.15) is 0 Å². The summed E-state index contributed by atoms with van der Waals surface area (Å²) in [6, 6.07) is 0. The zero-order chi connectivity index (χ0) is 14.0. The molecule has 0 aromatic rings. The normalized spacial score (nSPS) is 13.9. The van der Waals surface area contributed by atoms with Gasteiger partial charge in [-0.05, 0) is 26.2 Å². The van der Waals surface area contributed by atoms with Gasteiger partial charge in [-0.25, -0.2) is 4.79 Å². The minimum absolute atomic E-state index is 0.0536. The Kier molecular flexibility index (Phi) is 9.28. The molecule has 106 valence electrons. The first-order valence-electron chi connectivity index (χ1n) is 6.57. The fourth-order valence-electron chi connectivity index (χ4n) is 1.61. The van der Waals surface area contributed by atoms with Gasteiger partial charge in [-0.3, -0.25) is 4.79 Å². The average molecular weight is 260 g/mol. The number of ether oxygens (including phenoxy) is 1. The lowest BCUT2D eigenvalue weighted by Crippen LogP contribution is -2.18. The fourth-order valence-corrected chi connectivity index (χ4v) is 1.61. The molecule has 0 aliphatic carbocycles. The number of rotatable bonds is 10. The van der Waals surface area contributed by atoms with Gasteiger partial charge >= 0.3 is 11.9 Å². The molecule has 18 heavy (non-hydrogen) atoms. The van der Waals surface area contributed by atoms with Gasteiger partial charge in [0.25, 0.3) is 0 Å². The van der Waals surface area contributed by atoms with Crippen LogP contribution in [-0.2, 0) is 14.3 Å². The van der Waals surface area contributed by atoms with E-state index in [1.807, 2.05) is 6.92 Å². The number of aliphatic hydroxyl groups is 1. The first-order chi connectivity index (χ1) is 8.47. The van der Waals surface area contributed by atoms with Crippen LogP contribution in [0.25, 0.3) is 0 Å². The minimum atomic E-state index is -1.24. The number of esters is 1. The number of carboxylic acids is 1. The number of aliphatic carboxylic acids is 1. The second-order valence-electron chi connectivity index (χ2n) is 4.50. The van der Waals surface area contributed by atoms with Crippen molar-refractivity contribution >= 4 is 11.9 Å². The summed E-state index contributed by atoms with van der Waals surface area (Å²) in [5.41, 5.74) is 0. The summed E-state index contributed by atoms with van der Waals surface area (Å²) in [6.45, 7) is 3.64. The van der Waals surface area contributed by atoms with E-state index < -0.39 is 12.1 Å². The molecular formula is C13H24O5. The van der Waals surface area contributed by atoms with E-state index in [0.29, 0.717) is 19.3 Å². The van der Waals surface area contributed by atoms with Gasteiger partial charge in [-0.15, -0.1) is 0 Å². The molecule has 0 spiro atoms. The molecule has 0 bridgehead atoms. The van der Waals surface area contributed by atoms with Crippen molar-refractivity contribution in [1.29, 1.82) is 0 Å². The Labute approximate surface area is 108 Å². The monoisotopic (exact) mass is 260 g/mol. The Morgan fingerprint density at radius 1 is 1.11 bits per heavy atom. The average Bonchev–Trinajstić information content (AvgIpc) is 2.32. The Bertz CT molecular complexity index is 252. The number of hydrogen-bond acceptors (Lipinski definition) is 4. The van der Waals surface area contributed by atoms with Crippen molar-refractivity contribution in [1.82, 2.24) is 0 Å². The summed E-state index contributed by atoms with van der Waals surface area (Å²) in [5, 5.41) is 17.5. The van der Waals surface area contributed by atoms with Gasteiger partial charge in [0.15, 0.2) is 6.10 Å². The van der Waals surface area contributed by atoms with E-state index in [4.69, 9.17) is 14.9 Å². The number of carboxylic acid groups (broad SMARTS) is 1. The molecule has 0 aromatic carbocycles. The molecule has 2 N–H and O–H groups in total. The van der Waals surface area contributed by atoms with Crippen molar-refractivity contribution in [3.05, 3.63) is 0 Å². The summed E-state index contributed by atoms with van der Waals surface area (Å²) in [4.78, 5) is 21.3. The van der Waals surface area contributed by atoms with Gasteiger partial charge < -0.3 is 14.9 Å². The van der Waals surface area contributed by atoms with Crippen molar-refractivity contribution in [3.8, 4) is 0 Å².